The minimum Gasteiger partial charge on any atom is -0.494 e. The topological polar surface area (TPSA) is 58.6 Å². The minimum absolute atomic E-state index is 0.00286. The number of amides is 2. The third-order valence-corrected chi connectivity index (χ3v) is 5.03. The Morgan fingerprint density at radius 1 is 1.07 bits per heavy atom. The molecule has 2 aromatic carbocycles. The quantitative estimate of drug-likeness (QED) is 0.519. The maximum absolute atomic E-state index is 13.1. The smallest absolute Gasteiger partial charge is 0.243 e. The summed E-state index contributed by atoms with van der Waals surface area (Å²) < 4.78 is 5.69. The van der Waals surface area contributed by atoms with Gasteiger partial charge in [-0.25, -0.2) is 0 Å². The van der Waals surface area contributed by atoms with Crippen molar-refractivity contribution in [2.45, 2.75) is 58.7 Å². The van der Waals surface area contributed by atoms with Crippen LogP contribution < -0.4 is 10.1 Å². The zero-order valence-corrected chi connectivity index (χ0v) is 18.7. The molecular weight excluding hydrogens is 400 g/mol. The van der Waals surface area contributed by atoms with Crippen molar-refractivity contribution < 1.29 is 14.3 Å². The van der Waals surface area contributed by atoms with E-state index in [2.05, 4.69) is 5.32 Å². The van der Waals surface area contributed by atoms with Crippen LogP contribution in [-0.2, 0) is 16.1 Å². The molecule has 1 atom stereocenters. The summed E-state index contributed by atoms with van der Waals surface area (Å²) in [5, 5.41) is 3.51. The van der Waals surface area contributed by atoms with Gasteiger partial charge >= 0.3 is 0 Å². The molecule has 0 aliphatic carbocycles. The maximum atomic E-state index is 13.1. The van der Waals surface area contributed by atoms with Gasteiger partial charge in [0.2, 0.25) is 11.8 Å². The van der Waals surface area contributed by atoms with E-state index < -0.39 is 6.04 Å². The Bertz CT molecular complexity index is 811. The lowest BCUT2D eigenvalue weighted by Crippen LogP contribution is -2.50. The summed E-state index contributed by atoms with van der Waals surface area (Å²) >= 11 is 6.32. The van der Waals surface area contributed by atoms with Crippen molar-refractivity contribution in [2.75, 3.05) is 6.61 Å². The highest BCUT2D eigenvalue weighted by molar-refractivity contribution is 6.31. The Morgan fingerprint density at radius 3 is 2.37 bits per heavy atom. The van der Waals surface area contributed by atoms with Crippen molar-refractivity contribution >= 4 is 23.4 Å². The van der Waals surface area contributed by atoms with Gasteiger partial charge in [0.25, 0.3) is 0 Å². The third kappa shape index (κ3) is 7.38. The second kappa shape index (κ2) is 12.2. The molecule has 0 radical (unpaired) electrons. The van der Waals surface area contributed by atoms with Gasteiger partial charge in [-0.15, -0.1) is 0 Å². The van der Waals surface area contributed by atoms with E-state index in [0.717, 1.165) is 11.3 Å². The average Bonchev–Trinajstić information content (AvgIpc) is 2.72. The maximum Gasteiger partial charge on any atom is 0.243 e. The summed E-state index contributed by atoms with van der Waals surface area (Å²) in [6.45, 7) is 6.46. The number of hydrogen-bond acceptors (Lipinski definition) is 3. The average molecular weight is 431 g/mol. The largest absolute Gasteiger partial charge is 0.494 e. The van der Waals surface area contributed by atoms with Gasteiger partial charge in [0.05, 0.1) is 6.61 Å². The van der Waals surface area contributed by atoms with Crippen molar-refractivity contribution in [3.05, 3.63) is 65.2 Å². The molecule has 1 N–H and O–H groups in total. The Hall–Kier alpha value is -2.53. The van der Waals surface area contributed by atoms with Crippen molar-refractivity contribution in [3.63, 3.8) is 0 Å². The predicted molar refractivity (Wildman–Crippen MR) is 121 cm³/mol. The van der Waals surface area contributed by atoms with Gasteiger partial charge in [0.15, 0.2) is 0 Å². The lowest BCUT2D eigenvalue weighted by molar-refractivity contribution is -0.141. The number of rotatable bonds is 11. The number of hydrogen-bond donors (Lipinski definition) is 1. The molecule has 0 aromatic heterocycles. The second-order valence-electron chi connectivity index (χ2n) is 7.47. The highest BCUT2D eigenvalue weighted by atomic mass is 35.5. The lowest BCUT2D eigenvalue weighted by Gasteiger charge is -2.31. The second-order valence-corrected chi connectivity index (χ2v) is 7.87. The number of halogens is 1. The standard InChI is InChI=1S/C24H31ClN2O3/c1-4-22(24(29)26-18(2)3)27(17-19-11-8-9-14-21(19)25)23(28)15-10-16-30-20-12-6-5-7-13-20/h5-9,11-14,18,22H,4,10,15-17H2,1-3H3,(H,26,29)/t22-/m1/s1. The summed E-state index contributed by atoms with van der Waals surface area (Å²) in [7, 11) is 0. The SMILES string of the molecule is CC[C@H](C(=O)NC(C)C)N(Cc1ccccc1Cl)C(=O)CCCOc1ccccc1. The van der Waals surface area contributed by atoms with Crippen LogP contribution in [0.3, 0.4) is 0 Å². The highest BCUT2D eigenvalue weighted by Gasteiger charge is 2.29. The predicted octanol–water partition coefficient (Wildman–Crippen LogP) is 4.83. The van der Waals surface area contributed by atoms with Crippen LogP contribution in [0.15, 0.2) is 54.6 Å². The number of carbonyl (C=O) groups excluding carboxylic acids is 2. The number of ether oxygens (including phenoxy) is 1. The summed E-state index contributed by atoms with van der Waals surface area (Å²) in [5.41, 5.74) is 0.823. The van der Waals surface area contributed by atoms with Crippen LogP contribution in [0.5, 0.6) is 5.75 Å². The number of benzene rings is 2. The number of nitrogens with one attached hydrogen (secondary N) is 1. The molecule has 0 aliphatic heterocycles. The Balaban J connectivity index is 2.07. The van der Waals surface area contributed by atoms with Gasteiger partial charge in [0, 0.05) is 24.0 Å². The van der Waals surface area contributed by atoms with E-state index in [4.69, 9.17) is 16.3 Å². The normalized spacial score (nSPS) is 11.8. The summed E-state index contributed by atoms with van der Waals surface area (Å²) in [6, 6.07) is 16.4. The number of nitrogens with zero attached hydrogens (tertiary/aromatic N) is 1. The molecule has 0 unspecified atom stereocenters. The van der Waals surface area contributed by atoms with Crippen molar-refractivity contribution in [1.29, 1.82) is 0 Å². The highest BCUT2D eigenvalue weighted by Crippen LogP contribution is 2.20. The van der Waals surface area contributed by atoms with Gasteiger partial charge in [0.1, 0.15) is 11.8 Å². The molecule has 2 aromatic rings. The molecule has 0 fully saturated rings. The molecule has 2 rings (SSSR count). The van der Waals surface area contributed by atoms with Crippen molar-refractivity contribution in [2.24, 2.45) is 0 Å². The molecule has 2 amide bonds. The van der Waals surface area contributed by atoms with Crippen LogP contribution in [0.4, 0.5) is 0 Å². The van der Waals surface area contributed by atoms with Crippen LogP contribution in [0, 0.1) is 0 Å². The lowest BCUT2D eigenvalue weighted by atomic mass is 10.1. The summed E-state index contributed by atoms with van der Waals surface area (Å²) in [6.07, 6.45) is 1.38. The zero-order chi connectivity index (χ0) is 21.9. The van der Waals surface area contributed by atoms with Gasteiger partial charge < -0.3 is 15.0 Å². The first kappa shape index (κ1) is 23.7. The molecule has 0 spiro atoms. The molecule has 162 valence electrons. The molecule has 0 aliphatic rings. The van der Waals surface area contributed by atoms with Crippen LogP contribution in [0.1, 0.15) is 45.6 Å². The first-order valence-electron chi connectivity index (χ1n) is 10.4. The molecular formula is C24H31ClN2O3. The number of carbonyl (C=O) groups is 2. The monoisotopic (exact) mass is 430 g/mol. The van der Waals surface area contributed by atoms with Crippen molar-refractivity contribution in [3.8, 4) is 5.75 Å². The van der Waals surface area contributed by atoms with Gasteiger partial charge in [-0.1, -0.05) is 54.9 Å². The Morgan fingerprint density at radius 2 is 1.73 bits per heavy atom. The molecule has 6 heteroatoms. The first-order valence-corrected chi connectivity index (χ1v) is 10.8. The van der Waals surface area contributed by atoms with E-state index in [1.54, 1.807) is 11.0 Å². The fourth-order valence-corrected chi connectivity index (χ4v) is 3.38. The van der Waals surface area contributed by atoms with E-state index >= 15 is 0 Å². The van der Waals surface area contributed by atoms with E-state index in [1.165, 1.54) is 0 Å². The fraction of sp³-hybridized carbons (Fsp3) is 0.417. The zero-order valence-electron chi connectivity index (χ0n) is 17.9. The van der Waals surface area contributed by atoms with Gasteiger partial charge in [-0.2, -0.15) is 0 Å². The van der Waals surface area contributed by atoms with E-state index in [-0.39, 0.29) is 17.9 Å². The van der Waals surface area contributed by atoms with Gasteiger partial charge in [-0.05, 0) is 50.5 Å². The molecule has 0 bridgehead atoms. The molecule has 0 heterocycles. The molecule has 5 nitrogen and oxygen atoms in total. The van der Waals surface area contributed by atoms with Crippen LogP contribution in [0.2, 0.25) is 5.02 Å². The van der Waals surface area contributed by atoms with Gasteiger partial charge in [-0.3, -0.25) is 9.59 Å². The Labute approximate surface area is 184 Å². The van der Waals surface area contributed by atoms with E-state index in [0.29, 0.717) is 37.4 Å². The van der Waals surface area contributed by atoms with E-state index in [9.17, 15) is 9.59 Å². The molecule has 30 heavy (non-hydrogen) atoms. The fourth-order valence-electron chi connectivity index (χ4n) is 3.18. The van der Waals surface area contributed by atoms with Crippen LogP contribution in [0.25, 0.3) is 0 Å². The first-order chi connectivity index (χ1) is 14.4. The van der Waals surface area contributed by atoms with Crippen molar-refractivity contribution in [1.82, 2.24) is 10.2 Å². The molecule has 0 saturated heterocycles. The van der Waals surface area contributed by atoms with Crippen LogP contribution >= 0.6 is 11.6 Å². The summed E-state index contributed by atoms with van der Waals surface area (Å²) in [5.74, 6) is 0.548. The number of para-hydroxylation sites is 1. The minimum atomic E-state index is -0.550. The summed E-state index contributed by atoms with van der Waals surface area (Å²) in [4.78, 5) is 27.5. The Kier molecular flexibility index (Phi) is 9.68. The molecule has 0 saturated carbocycles. The third-order valence-electron chi connectivity index (χ3n) is 4.66. The van der Waals surface area contributed by atoms with E-state index in [1.807, 2.05) is 69.3 Å². The van der Waals surface area contributed by atoms with Crippen LogP contribution in [-0.4, -0.2) is 35.4 Å².